The van der Waals surface area contributed by atoms with Crippen LogP contribution in [-0.4, -0.2) is 18.2 Å². The summed E-state index contributed by atoms with van der Waals surface area (Å²) in [4.78, 5) is 0. The zero-order valence-electron chi connectivity index (χ0n) is 8.91. The maximum absolute atomic E-state index is 5.89. The smallest absolute Gasteiger partial charge is 0.0984 e. The van der Waals surface area contributed by atoms with Crippen LogP contribution in [0.5, 0.6) is 0 Å². The number of thiophene rings is 1. The van der Waals surface area contributed by atoms with Crippen LogP contribution in [0.4, 0.5) is 0 Å². The summed E-state index contributed by atoms with van der Waals surface area (Å²) in [6.07, 6.45) is 0.217. The fourth-order valence-electron chi connectivity index (χ4n) is 2.00. The first-order valence-electron chi connectivity index (χ1n) is 5.00. The number of hydrogen-bond acceptors (Lipinski definition) is 3. The Morgan fingerprint density at radius 2 is 2.36 bits per heavy atom. The van der Waals surface area contributed by atoms with Crippen molar-refractivity contribution in [3.8, 4) is 0 Å². The van der Waals surface area contributed by atoms with Crippen molar-refractivity contribution in [2.45, 2.75) is 38.5 Å². The number of rotatable bonds is 1. The Balaban J connectivity index is 2.10. The number of morpholine rings is 1. The monoisotopic (exact) mass is 211 g/mol. The molecule has 1 aliphatic heterocycles. The summed E-state index contributed by atoms with van der Waals surface area (Å²) >= 11 is 1.73. The van der Waals surface area contributed by atoms with Gasteiger partial charge in [0.25, 0.3) is 0 Å². The minimum atomic E-state index is 0.103. The summed E-state index contributed by atoms with van der Waals surface area (Å²) in [7, 11) is 0. The van der Waals surface area contributed by atoms with Gasteiger partial charge in [0.2, 0.25) is 0 Å². The van der Waals surface area contributed by atoms with Gasteiger partial charge in [-0.15, -0.1) is 0 Å². The van der Waals surface area contributed by atoms with E-state index < -0.39 is 0 Å². The number of ether oxygens (including phenoxy) is 1. The first-order chi connectivity index (χ1) is 6.58. The second-order valence-electron chi connectivity index (χ2n) is 4.61. The highest BCUT2D eigenvalue weighted by Crippen LogP contribution is 2.29. The van der Waals surface area contributed by atoms with Gasteiger partial charge in [-0.25, -0.2) is 0 Å². The average Bonchev–Trinajstić information content (AvgIpc) is 2.54. The van der Waals surface area contributed by atoms with Gasteiger partial charge in [-0.3, -0.25) is 0 Å². The Morgan fingerprint density at radius 1 is 1.57 bits per heavy atom. The van der Waals surface area contributed by atoms with Crippen molar-refractivity contribution in [2.75, 3.05) is 6.61 Å². The SMILES string of the molecule is CC1NC(C)(C)COC1c1ccsc1. The van der Waals surface area contributed by atoms with E-state index in [1.165, 1.54) is 5.56 Å². The first-order valence-corrected chi connectivity index (χ1v) is 5.94. The van der Waals surface area contributed by atoms with Gasteiger partial charge in [-0.1, -0.05) is 0 Å². The lowest BCUT2D eigenvalue weighted by Crippen LogP contribution is -2.55. The van der Waals surface area contributed by atoms with Crippen LogP contribution in [0.2, 0.25) is 0 Å². The van der Waals surface area contributed by atoms with Crippen LogP contribution in [-0.2, 0) is 4.74 Å². The molecule has 2 unspecified atom stereocenters. The summed E-state index contributed by atoms with van der Waals surface area (Å²) in [5.74, 6) is 0. The minimum Gasteiger partial charge on any atom is -0.370 e. The fraction of sp³-hybridized carbons (Fsp3) is 0.636. The average molecular weight is 211 g/mol. The zero-order valence-corrected chi connectivity index (χ0v) is 9.73. The second kappa shape index (κ2) is 3.65. The molecule has 2 rings (SSSR count). The largest absolute Gasteiger partial charge is 0.370 e. The van der Waals surface area contributed by atoms with Gasteiger partial charge in [0.1, 0.15) is 0 Å². The Hall–Kier alpha value is -0.380. The fourth-order valence-corrected chi connectivity index (χ4v) is 2.68. The van der Waals surface area contributed by atoms with Crippen molar-refractivity contribution in [1.82, 2.24) is 5.32 Å². The molecule has 2 atom stereocenters. The molecule has 1 fully saturated rings. The third kappa shape index (κ3) is 2.00. The molecular formula is C11H17NOS. The van der Waals surface area contributed by atoms with E-state index in [0.717, 1.165) is 6.61 Å². The van der Waals surface area contributed by atoms with Crippen LogP contribution in [0.1, 0.15) is 32.4 Å². The van der Waals surface area contributed by atoms with E-state index in [4.69, 9.17) is 4.74 Å². The van der Waals surface area contributed by atoms with E-state index in [1.807, 2.05) is 0 Å². The van der Waals surface area contributed by atoms with Gasteiger partial charge in [0.05, 0.1) is 12.7 Å². The molecule has 78 valence electrons. The van der Waals surface area contributed by atoms with E-state index in [1.54, 1.807) is 11.3 Å². The highest BCUT2D eigenvalue weighted by atomic mass is 32.1. The third-order valence-corrected chi connectivity index (χ3v) is 3.27. The van der Waals surface area contributed by atoms with Crippen molar-refractivity contribution in [3.05, 3.63) is 22.4 Å². The summed E-state index contributed by atoms with van der Waals surface area (Å²) in [5.41, 5.74) is 1.40. The Bertz CT molecular complexity index is 294. The maximum Gasteiger partial charge on any atom is 0.0984 e. The predicted octanol–water partition coefficient (Wildman–Crippen LogP) is 2.58. The highest BCUT2D eigenvalue weighted by Gasteiger charge is 2.33. The van der Waals surface area contributed by atoms with Gasteiger partial charge in [0.15, 0.2) is 0 Å². The molecule has 0 spiro atoms. The normalized spacial score (nSPS) is 31.6. The third-order valence-electron chi connectivity index (χ3n) is 2.57. The van der Waals surface area contributed by atoms with Crippen molar-refractivity contribution in [2.24, 2.45) is 0 Å². The molecule has 1 N–H and O–H groups in total. The van der Waals surface area contributed by atoms with Crippen LogP contribution in [0.25, 0.3) is 0 Å². The zero-order chi connectivity index (χ0) is 10.2. The molecular weight excluding hydrogens is 194 g/mol. The maximum atomic E-state index is 5.89. The lowest BCUT2D eigenvalue weighted by atomic mass is 9.97. The van der Waals surface area contributed by atoms with Crippen molar-refractivity contribution in [1.29, 1.82) is 0 Å². The summed E-state index contributed by atoms with van der Waals surface area (Å²) in [6, 6.07) is 2.53. The lowest BCUT2D eigenvalue weighted by Gasteiger charge is -2.40. The molecule has 0 saturated carbocycles. The van der Waals surface area contributed by atoms with Crippen LogP contribution >= 0.6 is 11.3 Å². The molecule has 0 radical (unpaired) electrons. The Kier molecular flexibility index (Phi) is 2.64. The molecule has 1 saturated heterocycles. The molecule has 0 aromatic carbocycles. The highest BCUT2D eigenvalue weighted by molar-refractivity contribution is 7.07. The molecule has 14 heavy (non-hydrogen) atoms. The standard InChI is InChI=1S/C11H17NOS/c1-8-10(9-4-5-14-6-9)13-7-11(2,3)12-8/h4-6,8,10,12H,7H2,1-3H3. The van der Waals surface area contributed by atoms with Crippen LogP contribution in [0, 0.1) is 0 Å². The molecule has 0 aliphatic carbocycles. The molecule has 2 nitrogen and oxygen atoms in total. The van der Waals surface area contributed by atoms with Crippen LogP contribution in [0.15, 0.2) is 16.8 Å². The van der Waals surface area contributed by atoms with Crippen LogP contribution < -0.4 is 5.32 Å². The van der Waals surface area contributed by atoms with Gasteiger partial charge >= 0.3 is 0 Å². The van der Waals surface area contributed by atoms with E-state index in [2.05, 4.69) is 42.9 Å². The van der Waals surface area contributed by atoms with Crippen molar-refractivity contribution < 1.29 is 4.74 Å². The lowest BCUT2D eigenvalue weighted by molar-refractivity contribution is -0.0493. The summed E-state index contributed by atoms with van der Waals surface area (Å²) < 4.78 is 5.89. The molecule has 0 amide bonds. The van der Waals surface area contributed by atoms with Crippen LogP contribution in [0.3, 0.4) is 0 Å². The molecule has 0 bridgehead atoms. The number of nitrogens with one attached hydrogen (secondary N) is 1. The summed E-state index contributed by atoms with van der Waals surface area (Å²) in [6.45, 7) is 7.31. The molecule has 1 aromatic heterocycles. The van der Waals surface area contributed by atoms with Gasteiger partial charge in [-0.2, -0.15) is 11.3 Å². The quantitative estimate of drug-likeness (QED) is 0.771. The predicted molar refractivity (Wildman–Crippen MR) is 59.7 cm³/mol. The first kappa shape index (κ1) is 10.1. The Morgan fingerprint density at radius 3 is 2.93 bits per heavy atom. The van der Waals surface area contributed by atoms with Gasteiger partial charge in [0, 0.05) is 11.6 Å². The number of hydrogen-bond donors (Lipinski definition) is 1. The van der Waals surface area contributed by atoms with Crippen molar-refractivity contribution >= 4 is 11.3 Å². The van der Waals surface area contributed by atoms with Crippen molar-refractivity contribution in [3.63, 3.8) is 0 Å². The minimum absolute atomic E-state index is 0.103. The molecule has 1 aliphatic rings. The summed E-state index contributed by atoms with van der Waals surface area (Å²) in [5, 5.41) is 7.84. The molecule has 2 heterocycles. The molecule has 3 heteroatoms. The van der Waals surface area contributed by atoms with Gasteiger partial charge in [-0.05, 0) is 43.2 Å². The van der Waals surface area contributed by atoms with E-state index in [9.17, 15) is 0 Å². The topological polar surface area (TPSA) is 21.3 Å². The van der Waals surface area contributed by atoms with E-state index in [-0.39, 0.29) is 11.6 Å². The molecule has 1 aromatic rings. The Labute approximate surface area is 89.3 Å². The van der Waals surface area contributed by atoms with E-state index >= 15 is 0 Å². The second-order valence-corrected chi connectivity index (χ2v) is 5.39. The van der Waals surface area contributed by atoms with E-state index in [0.29, 0.717) is 6.04 Å². The van der Waals surface area contributed by atoms with Gasteiger partial charge < -0.3 is 10.1 Å².